The molecule has 3 rings (SSSR count). The summed E-state index contributed by atoms with van der Waals surface area (Å²) < 4.78 is 6.04. The van der Waals surface area contributed by atoms with E-state index in [0.717, 1.165) is 43.7 Å². The van der Waals surface area contributed by atoms with Gasteiger partial charge in [-0.1, -0.05) is 18.2 Å². The van der Waals surface area contributed by atoms with Crippen molar-refractivity contribution in [2.24, 2.45) is 5.92 Å². The molecule has 2 aliphatic rings. The standard InChI is InChI=1S/C19H28N2O2/c1-19(2)13-16(15-6-4-5-7-17(15)23-19)20-18(22)12-14-8-10-21(3)11-9-14/h4-7,14,16H,8-13H2,1-3H3,(H,20,22). The van der Waals surface area contributed by atoms with E-state index < -0.39 is 0 Å². The largest absolute Gasteiger partial charge is 0.487 e. The quantitative estimate of drug-likeness (QED) is 0.931. The molecule has 1 fully saturated rings. The van der Waals surface area contributed by atoms with Crippen LogP contribution in [0.15, 0.2) is 24.3 Å². The molecule has 1 aromatic carbocycles. The van der Waals surface area contributed by atoms with Gasteiger partial charge in [-0.3, -0.25) is 4.79 Å². The molecule has 0 bridgehead atoms. The molecule has 1 saturated heterocycles. The van der Waals surface area contributed by atoms with Crippen molar-refractivity contribution >= 4 is 5.91 Å². The maximum Gasteiger partial charge on any atom is 0.220 e. The highest BCUT2D eigenvalue weighted by Crippen LogP contribution is 2.39. The van der Waals surface area contributed by atoms with Crippen LogP contribution in [0.5, 0.6) is 5.75 Å². The predicted octanol–water partition coefficient (Wildman–Crippen LogP) is 3.14. The molecule has 1 amide bonds. The highest BCUT2D eigenvalue weighted by atomic mass is 16.5. The van der Waals surface area contributed by atoms with Gasteiger partial charge in [0.25, 0.3) is 0 Å². The van der Waals surface area contributed by atoms with Gasteiger partial charge in [-0.15, -0.1) is 0 Å². The number of amides is 1. The van der Waals surface area contributed by atoms with Gasteiger partial charge >= 0.3 is 0 Å². The van der Waals surface area contributed by atoms with Gasteiger partial charge in [0.1, 0.15) is 11.4 Å². The van der Waals surface area contributed by atoms with Crippen LogP contribution in [0.4, 0.5) is 0 Å². The number of carbonyl (C=O) groups excluding carboxylic acids is 1. The minimum Gasteiger partial charge on any atom is -0.487 e. The van der Waals surface area contributed by atoms with Crippen molar-refractivity contribution in [2.45, 2.75) is 51.2 Å². The molecule has 4 nitrogen and oxygen atoms in total. The van der Waals surface area contributed by atoms with Crippen LogP contribution in [-0.2, 0) is 4.79 Å². The Hall–Kier alpha value is -1.55. The van der Waals surface area contributed by atoms with Crippen molar-refractivity contribution in [3.8, 4) is 5.75 Å². The van der Waals surface area contributed by atoms with Crippen LogP contribution >= 0.6 is 0 Å². The summed E-state index contributed by atoms with van der Waals surface area (Å²) in [6, 6.07) is 8.10. The highest BCUT2D eigenvalue weighted by molar-refractivity contribution is 5.77. The molecule has 23 heavy (non-hydrogen) atoms. The van der Waals surface area contributed by atoms with E-state index in [2.05, 4.69) is 37.2 Å². The van der Waals surface area contributed by atoms with Crippen molar-refractivity contribution in [1.29, 1.82) is 0 Å². The minimum atomic E-state index is -0.250. The van der Waals surface area contributed by atoms with Crippen molar-refractivity contribution in [2.75, 3.05) is 20.1 Å². The average molecular weight is 316 g/mol. The summed E-state index contributed by atoms with van der Waals surface area (Å²) in [5.74, 6) is 1.60. The molecule has 0 saturated carbocycles. The fourth-order valence-corrected chi connectivity index (χ4v) is 3.71. The lowest BCUT2D eigenvalue weighted by Gasteiger charge is -2.38. The first-order valence-corrected chi connectivity index (χ1v) is 8.69. The van der Waals surface area contributed by atoms with Crippen LogP contribution in [0.1, 0.15) is 51.1 Å². The Kier molecular flexibility index (Phi) is 4.62. The van der Waals surface area contributed by atoms with E-state index in [4.69, 9.17) is 4.74 Å². The number of carbonyl (C=O) groups is 1. The van der Waals surface area contributed by atoms with Gasteiger partial charge in [0.2, 0.25) is 5.91 Å². The summed E-state index contributed by atoms with van der Waals surface area (Å²) in [4.78, 5) is 14.9. The van der Waals surface area contributed by atoms with Crippen LogP contribution in [0, 0.1) is 5.92 Å². The lowest BCUT2D eigenvalue weighted by atomic mass is 9.89. The number of hydrogen-bond acceptors (Lipinski definition) is 3. The molecule has 0 aromatic heterocycles. The molecular weight excluding hydrogens is 288 g/mol. The summed E-state index contributed by atoms with van der Waals surface area (Å²) in [7, 11) is 2.15. The fourth-order valence-electron chi connectivity index (χ4n) is 3.71. The second kappa shape index (κ2) is 6.52. The lowest BCUT2D eigenvalue weighted by Crippen LogP contribution is -2.42. The number of fused-ring (bicyclic) bond motifs is 1. The van der Waals surface area contributed by atoms with Crippen molar-refractivity contribution in [1.82, 2.24) is 10.2 Å². The Morgan fingerprint density at radius 2 is 2.00 bits per heavy atom. The maximum absolute atomic E-state index is 12.5. The molecule has 1 atom stereocenters. The molecule has 4 heteroatoms. The summed E-state index contributed by atoms with van der Waals surface area (Å²) in [6.45, 7) is 6.37. The number of piperidine rings is 1. The van der Waals surface area contributed by atoms with Gasteiger partial charge in [0, 0.05) is 18.4 Å². The van der Waals surface area contributed by atoms with E-state index >= 15 is 0 Å². The summed E-state index contributed by atoms with van der Waals surface area (Å²) in [5.41, 5.74) is 0.850. The zero-order chi connectivity index (χ0) is 16.4. The Morgan fingerprint density at radius 1 is 1.30 bits per heavy atom. The zero-order valence-electron chi connectivity index (χ0n) is 14.5. The van der Waals surface area contributed by atoms with Crippen LogP contribution in [0.25, 0.3) is 0 Å². The topological polar surface area (TPSA) is 41.6 Å². The van der Waals surface area contributed by atoms with Gasteiger partial charge in [-0.05, 0) is 58.8 Å². The third kappa shape index (κ3) is 4.05. The van der Waals surface area contributed by atoms with Crippen LogP contribution < -0.4 is 10.1 Å². The van der Waals surface area contributed by atoms with E-state index in [1.807, 2.05) is 18.2 Å². The Bertz CT molecular complexity index is 562. The smallest absolute Gasteiger partial charge is 0.220 e. The maximum atomic E-state index is 12.5. The van der Waals surface area contributed by atoms with Gasteiger partial charge in [-0.2, -0.15) is 0 Å². The predicted molar refractivity (Wildman–Crippen MR) is 91.5 cm³/mol. The van der Waals surface area contributed by atoms with Crippen molar-refractivity contribution < 1.29 is 9.53 Å². The summed E-state index contributed by atoms with van der Waals surface area (Å²) in [5, 5.41) is 3.26. The van der Waals surface area contributed by atoms with E-state index in [0.29, 0.717) is 12.3 Å². The first kappa shape index (κ1) is 16.3. The highest BCUT2D eigenvalue weighted by Gasteiger charge is 2.34. The fraction of sp³-hybridized carbons (Fsp3) is 0.632. The molecular formula is C19H28N2O2. The van der Waals surface area contributed by atoms with Gasteiger partial charge < -0.3 is 15.0 Å². The number of rotatable bonds is 3. The summed E-state index contributed by atoms with van der Waals surface area (Å²) >= 11 is 0. The van der Waals surface area contributed by atoms with E-state index in [-0.39, 0.29) is 17.6 Å². The SMILES string of the molecule is CN1CCC(CC(=O)NC2CC(C)(C)Oc3ccccc32)CC1. The number of para-hydroxylation sites is 1. The van der Waals surface area contributed by atoms with Crippen LogP contribution in [0.3, 0.4) is 0 Å². The second-order valence-electron chi connectivity index (χ2n) is 7.67. The molecule has 1 N–H and O–H groups in total. The van der Waals surface area contributed by atoms with Gasteiger partial charge in [0.15, 0.2) is 0 Å². The number of hydrogen-bond donors (Lipinski definition) is 1. The van der Waals surface area contributed by atoms with Gasteiger partial charge in [-0.25, -0.2) is 0 Å². The Labute approximate surface area is 139 Å². The Balaban J connectivity index is 1.64. The molecule has 126 valence electrons. The van der Waals surface area contributed by atoms with Gasteiger partial charge in [0.05, 0.1) is 6.04 Å². The molecule has 1 aromatic rings. The molecule has 0 aliphatic carbocycles. The first-order valence-electron chi connectivity index (χ1n) is 8.69. The van der Waals surface area contributed by atoms with E-state index in [1.165, 1.54) is 0 Å². The summed E-state index contributed by atoms with van der Waals surface area (Å²) in [6.07, 6.45) is 3.70. The monoisotopic (exact) mass is 316 g/mol. The molecule has 2 aliphatic heterocycles. The molecule has 0 radical (unpaired) electrons. The molecule has 2 heterocycles. The number of nitrogens with zero attached hydrogens (tertiary/aromatic N) is 1. The Morgan fingerprint density at radius 3 is 2.74 bits per heavy atom. The van der Waals surface area contributed by atoms with Crippen molar-refractivity contribution in [3.05, 3.63) is 29.8 Å². The molecule has 1 unspecified atom stereocenters. The van der Waals surface area contributed by atoms with Crippen molar-refractivity contribution in [3.63, 3.8) is 0 Å². The molecule has 0 spiro atoms. The third-order valence-electron chi connectivity index (χ3n) is 5.02. The number of likely N-dealkylation sites (tertiary alicyclic amines) is 1. The number of nitrogens with one attached hydrogen (secondary N) is 1. The first-order chi connectivity index (χ1) is 10.9. The van der Waals surface area contributed by atoms with E-state index in [1.54, 1.807) is 0 Å². The normalized spacial score (nSPS) is 24.6. The minimum absolute atomic E-state index is 0.0497. The second-order valence-corrected chi connectivity index (χ2v) is 7.67. The van der Waals surface area contributed by atoms with Crippen LogP contribution in [0.2, 0.25) is 0 Å². The lowest BCUT2D eigenvalue weighted by molar-refractivity contribution is -0.123. The average Bonchev–Trinajstić information content (AvgIpc) is 2.48. The third-order valence-corrected chi connectivity index (χ3v) is 5.02. The number of ether oxygens (including phenoxy) is 1. The zero-order valence-corrected chi connectivity index (χ0v) is 14.5. The van der Waals surface area contributed by atoms with Crippen LogP contribution in [-0.4, -0.2) is 36.5 Å². The van der Waals surface area contributed by atoms with E-state index in [9.17, 15) is 4.79 Å². The number of benzene rings is 1.